The minimum atomic E-state index is -3.78. The van der Waals surface area contributed by atoms with E-state index in [1.54, 1.807) is 23.1 Å². The first-order chi connectivity index (χ1) is 13.3. The number of carbonyl (C=O) groups is 2. The van der Waals surface area contributed by atoms with Crippen molar-refractivity contribution in [1.82, 2.24) is 9.21 Å². The largest absolute Gasteiger partial charge is 0.423 e. The highest BCUT2D eigenvalue weighted by atomic mass is 35.5. The lowest BCUT2D eigenvalue weighted by Gasteiger charge is -2.33. The highest BCUT2D eigenvalue weighted by Crippen LogP contribution is 2.21. The Labute approximate surface area is 168 Å². The molecule has 0 radical (unpaired) electrons. The summed E-state index contributed by atoms with van der Waals surface area (Å²) in [6.45, 7) is 2.55. The van der Waals surface area contributed by atoms with E-state index in [-0.39, 0.29) is 35.2 Å². The molecule has 0 aliphatic carbocycles. The molecule has 7 nitrogen and oxygen atoms in total. The quantitative estimate of drug-likeness (QED) is 0.558. The third-order valence-electron chi connectivity index (χ3n) is 4.40. The van der Waals surface area contributed by atoms with Gasteiger partial charge in [0.05, 0.1) is 10.5 Å². The van der Waals surface area contributed by atoms with Crippen molar-refractivity contribution < 1.29 is 22.7 Å². The SMILES string of the molecule is CC(=O)N1CCN(S(=O)(=O)c2cccc(C(=O)Oc3cccc(Cl)c3)c2)CC1. The molecule has 0 aromatic heterocycles. The second-order valence-corrected chi connectivity index (χ2v) is 8.66. The maximum Gasteiger partial charge on any atom is 0.343 e. The average Bonchev–Trinajstić information content (AvgIpc) is 2.68. The number of piperazine rings is 1. The van der Waals surface area contributed by atoms with Gasteiger partial charge in [-0.15, -0.1) is 0 Å². The second-order valence-electron chi connectivity index (χ2n) is 6.28. The molecule has 1 fully saturated rings. The van der Waals surface area contributed by atoms with Gasteiger partial charge in [-0.05, 0) is 36.4 Å². The molecule has 9 heteroatoms. The van der Waals surface area contributed by atoms with Gasteiger partial charge < -0.3 is 9.64 Å². The predicted octanol–water partition coefficient (Wildman–Crippen LogP) is 2.41. The van der Waals surface area contributed by atoms with Crippen molar-refractivity contribution in [2.75, 3.05) is 26.2 Å². The normalized spacial score (nSPS) is 15.3. The summed E-state index contributed by atoms with van der Waals surface area (Å²) in [7, 11) is -3.78. The summed E-state index contributed by atoms with van der Waals surface area (Å²) < 4.78 is 32.4. The lowest BCUT2D eigenvalue weighted by molar-refractivity contribution is -0.129. The molecule has 0 unspecified atom stereocenters. The number of benzene rings is 2. The first-order valence-electron chi connectivity index (χ1n) is 8.61. The zero-order chi connectivity index (χ0) is 20.3. The van der Waals surface area contributed by atoms with Crippen LogP contribution < -0.4 is 4.74 Å². The van der Waals surface area contributed by atoms with Gasteiger partial charge in [0.15, 0.2) is 0 Å². The predicted molar refractivity (Wildman–Crippen MR) is 104 cm³/mol. The number of halogens is 1. The Balaban J connectivity index is 1.76. The van der Waals surface area contributed by atoms with Crippen LogP contribution in [0.3, 0.4) is 0 Å². The molecule has 1 saturated heterocycles. The molecule has 3 rings (SSSR count). The Kier molecular flexibility index (Phi) is 6.02. The van der Waals surface area contributed by atoms with Gasteiger partial charge in [0.25, 0.3) is 0 Å². The zero-order valence-electron chi connectivity index (χ0n) is 15.2. The molecule has 2 aromatic carbocycles. The number of hydrogen-bond donors (Lipinski definition) is 0. The Hall–Kier alpha value is -2.42. The molecule has 0 spiro atoms. The second kappa shape index (κ2) is 8.30. The van der Waals surface area contributed by atoms with Gasteiger partial charge in [-0.25, -0.2) is 13.2 Å². The van der Waals surface area contributed by atoms with E-state index >= 15 is 0 Å². The summed E-state index contributed by atoms with van der Waals surface area (Å²) in [4.78, 5) is 25.4. The minimum absolute atomic E-state index is 0.00400. The van der Waals surface area contributed by atoms with E-state index in [0.29, 0.717) is 18.1 Å². The van der Waals surface area contributed by atoms with Crippen LogP contribution in [0.15, 0.2) is 53.4 Å². The molecule has 1 heterocycles. The molecular weight excluding hydrogens is 404 g/mol. The van der Waals surface area contributed by atoms with E-state index in [1.807, 2.05) is 0 Å². The van der Waals surface area contributed by atoms with E-state index in [4.69, 9.17) is 16.3 Å². The first kappa shape index (κ1) is 20.3. The zero-order valence-corrected chi connectivity index (χ0v) is 16.7. The Bertz CT molecular complexity index is 1000. The smallest absolute Gasteiger partial charge is 0.343 e. The van der Waals surface area contributed by atoms with Crippen LogP contribution in [0.5, 0.6) is 5.75 Å². The molecule has 1 aliphatic heterocycles. The molecule has 148 valence electrons. The molecule has 28 heavy (non-hydrogen) atoms. The van der Waals surface area contributed by atoms with Crippen LogP contribution in [0.25, 0.3) is 0 Å². The first-order valence-corrected chi connectivity index (χ1v) is 10.4. The fraction of sp³-hybridized carbons (Fsp3) is 0.263. The van der Waals surface area contributed by atoms with Crippen LogP contribution in [-0.2, 0) is 14.8 Å². The van der Waals surface area contributed by atoms with E-state index in [1.165, 1.54) is 41.6 Å². The monoisotopic (exact) mass is 422 g/mol. The summed E-state index contributed by atoms with van der Waals surface area (Å²) >= 11 is 5.87. The van der Waals surface area contributed by atoms with Crippen LogP contribution in [-0.4, -0.2) is 55.7 Å². The van der Waals surface area contributed by atoms with Crippen molar-refractivity contribution in [3.05, 3.63) is 59.1 Å². The standard InChI is InChI=1S/C19H19ClN2O5S/c1-14(23)21-8-10-22(11-9-21)28(25,26)18-7-2-4-15(12-18)19(24)27-17-6-3-5-16(20)13-17/h2-7,12-13H,8-11H2,1H3. The molecule has 0 saturated carbocycles. The number of sulfonamides is 1. The molecular formula is C19H19ClN2O5S. The molecule has 0 bridgehead atoms. The van der Waals surface area contributed by atoms with Gasteiger partial charge in [-0.1, -0.05) is 23.7 Å². The molecule has 1 amide bonds. The molecule has 2 aromatic rings. The van der Waals surface area contributed by atoms with E-state index < -0.39 is 16.0 Å². The summed E-state index contributed by atoms with van der Waals surface area (Å²) in [5, 5.41) is 0.423. The molecule has 0 N–H and O–H groups in total. The van der Waals surface area contributed by atoms with Gasteiger partial charge in [0.2, 0.25) is 15.9 Å². The third-order valence-corrected chi connectivity index (χ3v) is 6.53. The summed E-state index contributed by atoms with van der Waals surface area (Å²) in [6, 6.07) is 12.1. The highest BCUT2D eigenvalue weighted by molar-refractivity contribution is 7.89. The third kappa shape index (κ3) is 4.52. The maximum absolute atomic E-state index is 12.9. The fourth-order valence-corrected chi connectivity index (χ4v) is 4.52. The number of hydrogen-bond acceptors (Lipinski definition) is 5. The Morgan fingerprint density at radius 3 is 2.32 bits per heavy atom. The van der Waals surface area contributed by atoms with Gasteiger partial charge >= 0.3 is 5.97 Å². The van der Waals surface area contributed by atoms with Crippen LogP contribution in [0.1, 0.15) is 17.3 Å². The molecule has 1 aliphatic rings. The van der Waals surface area contributed by atoms with Gasteiger partial charge in [-0.3, -0.25) is 4.79 Å². The number of nitrogens with zero attached hydrogens (tertiary/aromatic N) is 2. The Morgan fingerprint density at radius 2 is 1.68 bits per heavy atom. The van der Waals surface area contributed by atoms with Crippen molar-refractivity contribution >= 4 is 33.5 Å². The van der Waals surface area contributed by atoms with Crippen molar-refractivity contribution in [2.24, 2.45) is 0 Å². The number of carbonyl (C=O) groups excluding carboxylic acids is 2. The minimum Gasteiger partial charge on any atom is -0.423 e. The lowest BCUT2D eigenvalue weighted by atomic mass is 10.2. The van der Waals surface area contributed by atoms with E-state index in [9.17, 15) is 18.0 Å². The maximum atomic E-state index is 12.9. The number of ether oxygens (including phenoxy) is 1. The number of amides is 1. The van der Waals surface area contributed by atoms with Crippen LogP contribution in [0.2, 0.25) is 5.02 Å². The fourth-order valence-electron chi connectivity index (χ4n) is 2.87. The van der Waals surface area contributed by atoms with Crippen molar-refractivity contribution in [2.45, 2.75) is 11.8 Å². The van der Waals surface area contributed by atoms with Gasteiger partial charge in [0, 0.05) is 38.1 Å². The van der Waals surface area contributed by atoms with E-state index in [2.05, 4.69) is 0 Å². The lowest BCUT2D eigenvalue weighted by Crippen LogP contribution is -2.49. The van der Waals surface area contributed by atoms with Crippen LogP contribution >= 0.6 is 11.6 Å². The van der Waals surface area contributed by atoms with Crippen molar-refractivity contribution in [1.29, 1.82) is 0 Å². The van der Waals surface area contributed by atoms with E-state index in [0.717, 1.165) is 0 Å². The van der Waals surface area contributed by atoms with Crippen LogP contribution in [0.4, 0.5) is 0 Å². The molecule has 0 atom stereocenters. The van der Waals surface area contributed by atoms with Crippen LogP contribution in [0, 0.1) is 0 Å². The number of esters is 1. The van der Waals surface area contributed by atoms with Crippen molar-refractivity contribution in [3.8, 4) is 5.75 Å². The van der Waals surface area contributed by atoms with Crippen molar-refractivity contribution in [3.63, 3.8) is 0 Å². The average molecular weight is 423 g/mol. The van der Waals surface area contributed by atoms with Gasteiger partial charge in [0.1, 0.15) is 5.75 Å². The number of rotatable bonds is 4. The summed E-state index contributed by atoms with van der Waals surface area (Å²) in [5.41, 5.74) is 0.114. The van der Waals surface area contributed by atoms with Gasteiger partial charge in [-0.2, -0.15) is 4.31 Å². The highest BCUT2D eigenvalue weighted by Gasteiger charge is 2.29. The Morgan fingerprint density at radius 1 is 1.00 bits per heavy atom. The summed E-state index contributed by atoms with van der Waals surface area (Å²) in [6.07, 6.45) is 0. The topological polar surface area (TPSA) is 84.0 Å². The summed E-state index contributed by atoms with van der Waals surface area (Å²) in [5.74, 6) is -0.491.